The van der Waals surface area contributed by atoms with E-state index in [1.807, 2.05) is 0 Å². The van der Waals surface area contributed by atoms with Crippen molar-refractivity contribution in [2.45, 2.75) is 123 Å². The molecule has 0 aromatic carbocycles. The van der Waals surface area contributed by atoms with Crippen molar-refractivity contribution >= 4 is 5.97 Å². The van der Waals surface area contributed by atoms with Gasteiger partial charge in [-0.05, 0) is 13.3 Å². The molecule has 4 nitrogen and oxygen atoms in total. The predicted octanol–water partition coefficient (Wildman–Crippen LogP) is 5.10. The third kappa shape index (κ3) is 16.3. The number of aliphatic hydroxyl groups excluding tert-OH is 2. The van der Waals surface area contributed by atoms with Crippen molar-refractivity contribution in [2.24, 2.45) is 0 Å². The Bertz CT molecular complexity index is 279. The number of hydrogen-bond acceptors (Lipinski definition) is 4. The van der Waals surface area contributed by atoms with Crippen LogP contribution in [-0.2, 0) is 9.53 Å². The average molecular weight is 345 g/mol. The lowest BCUT2D eigenvalue weighted by molar-refractivity contribution is -0.175. The highest BCUT2D eigenvalue weighted by atomic mass is 16.6. The Morgan fingerprint density at radius 3 is 1.50 bits per heavy atom. The van der Waals surface area contributed by atoms with E-state index in [0.717, 1.165) is 19.3 Å². The van der Waals surface area contributed by atoms with Gasteiger partial charge in [-0.15, -0.1) is 0 Å². The van der Waals surface area contributed by atoms with E-state index in [4.69, 9.17) is 5.11 Å². The molecular formula is C20H40O4. The molecule has 0 aliphatic carbocycles. The van der Waals surface area contributed by atoms with Gasteiger partial charge in [-0.25, -0.2) is 4.79 Å². The van der Waals surface area contributed by atoms with Gasteiger partial charge in [-0.3, -0.25) is 0 Å². The molecule has 0 aliphatic heterocycles. The molecule has 0 aromatic rings. The van der Waals surface area contributed by atoms with Gasteiger partial charge in [-0.2, -0.15) is 0 Å². The maximum atomic E-state index is 11.3. The normalized spacial score (nSPS) is 13.7. The van der Waals surface area contributed by atoms with Crippen LogP contribution in [-0.4, -0.2) is 28.6 Å². The van der Waals surface area contributed by atoms with Crippen LogP contribution in [0.25, 0.3) is 0 Å². The highest BCUT2D eigenvalue weighted by Crippen LogP contribution is 2.14. The number of rotatable bonds is 17. The second-order valence-corrected chi connectivity index (χ2v) is 6.94. The van der Waals surface area contributed by atoms with Crippen molar-refractivity contribution in [3.05, 3.63) is 0 Å². The zero-order valence-electron chi connectivity index (χ0n) is 16.0. The van der Waals surface area contributed by atoms with Gasteiger partial charge in [0.2, 0.25) is 0 Å². The van der Waals surface area contributed by atoms with Crippen LogP contribution in [0.5, 0.6) is 0 Å². The molecule has 2 unspecified atom stereocenters. The lowest BCUT2D eigenvalue weighted by Crippen LogP contribution is -2.26. The molecule has 24 heavy (non-hydrogen) atoms. The molecule has 0 aromatic heterocycles. The fourth-order valence-electron chi connectivity index (χ4n) is 2.90. The Kier molecular flexibility index (Phi) is 16.8. The van der Waals surface area contributed by atoms with E-state index >= 15 is 0 Å². The molecule has 0 saturated carbocycles. The van der Waals surface area contributed by atoms with Gasteiger partial charge in [0.1, 0.15) is 0 Å². The third-order valence-electron chi connectivity index (χ3n) is 4.39. The summed E-state index contributed by atoms with van der Waals surface area (Å²) < 4.78 is 4.55. The van der Waals surface area contributed by atoms with Gasteiger partial charge in [0.05, 0.1) is 0 Å². The monoisotopic (exact) mass is 344 g/mol. The Hall–Kier alpha value is -0.610. The molecule has 0 radical (unpaired) electrons. The number of unbranched alkanes of at least 4 members (excludes halogenated alkanes) is 13. The highest BCUT2D eigenvalue weighted by Gasteiger charge is 2.17. The first-order valence-corrected chi connectivity index (χ1v) is 10.1. The molecule has 0 spiro atoms. The van der Waals surface area contributed by atoms with E-state index in [0.29, 0.717) is 6.42 Å². The number of ether oxygens (including phenoxy) is 1. The number of aliphatic hydroxyl groups is 2. The summed E-state index contributed by atoms with van der Waals surface area (Å²) in [6.45, 7) is 3.62. The maximum absolute atomic E-state index is 11.3. The first-order valence-electron chi connectivity index (χ1n) is 10.1. The summed E-state index contributed by atoms with van der Waals surface area (Å²) in [4.78, 5) is 11.3. The summed E-state index contributed by atoms with van der Waals surface area (Å²) in [5.41, 5.74) is 0. The molecule has 0 aliphatic rings. The van der Waals surface area contributed by atoms with Crippen molar-refractivity contribution in [2.75, 3.05) is 0 Å². The van der Waals surface area contributed by atoms with Gasteiger partial charge in [0.25, 0.3) is 0 Å². The van der Waals surface area contributed by atoms with Crippen LogP contribution in [0.4, 0.5) is 0 Å². The first-order chi connectivity index (χ1) is 11.6. The summed E-state index contributed by atoms with van der Waals surface area (Å²) in [6, 6.07) is 0. The van der Waals surface area contributed by atoms with E-state index < -0.39 is 18.4 Å². The van der Waals surface area contributed by atoms with Crippen LogP contribution in [0.2, 0.25) is 0 Å². The zero-order chi connectivity index (χ0) is 18.0. The second-order valence-electron chi connectivity index (χ2n) is 6.94. The minimum Gasteiger partial charge on any atom is -0.434 e. The minimum atomic E-state index is -1.15. The van der Waals surface area contributed by atoms with Crippen LogP contribution in [0.15, 0.2) is 0 Å². The average Bonchev–Trinajstić information content (AvgIpc) is 2.54. The van der Waals surface area contributed by atoms with Crippen molar-refractivity contribution in [1.82, 2.24) is 0 Å². The van der Waals surface area contributed by atoms with Crippen LogP contribution < -0.4 is 0 Å². The van der Waals surface area contributed by atoms with Crippen molar-refractivity contribution in [3.8, 4) is 0 Å². The fourth-order valence-corrected chi connectivity index (χ4v) is 2.90. The summed E-state index contributed by atoms with van der Waals surface area (Å²) in [5, 5.41) is 18.5. The van der Waals surface area contributed by atoms with Crippen LogP contribution in [0, 0.1) is 0 Å². The Morgan fingerprint density at radius 2 is 1.12 bits per heavy atom. The Labute approximate surface area is 149 Å². The molecule has 0 saturated heterocycles. The SMILES string of the molecule is CCCCCCCCCCCCCCCCC(O)C(=O)OC(C)O. The van der Waals surface area contributed by atoms with E-state index in [-0.39, 0.29) is 0 Å². The molecule has 144 valence electrons. The molecule has 0 fully saturated rings. The first kappa shape index (κ1) is 23.4. The molecule has 2 atom stereocenters. The lowest BCUT2D eigenvalue weighted by atomic mass is 10.0. The molecule has 0 heterocycles. The second kappa shape index (κ2) is 17.2. The molecule has 2 N–H and O–H groups in total. The minimum absolute atomic E-state index is 0.420. The van der Waals surface area contributed by atoms with Gasteiger partial charge in [0, 0.05) is 0 Å². The molecule has 0 rings (SSSR count). The van der Waals surface area contributed by atoms with Gasteiger partial charge < -0.3 is 14.9 Å². The van der Waals surface area contributed by atoms with Crippen LogP contribution >= 0.6 is 0 Å². The molecule has 0 bridgehead atoms. The van der Waals surface area contributed by atoms with Crippen LogP contribution in [0.1, 0.15) is 110 Å². The highest BCUT2D eigenvalue weighted by molar-refractivity contribution is 5.74. The smallest absolute Gasteiger partial charge is 0.337 e. The van der Waals surface area contributed by atoms with Gasteiger partial charge in [-0.1, -0.05) is 96.8 Å². The van der Waals surface area contributed by atoms with Crippen molar-refractivity contribution in [1.29, 1.82) is 0 Å². The van der Waals surface area contributed by atoms with Crippen molar-refractivity contribution in [3.63, 3.8) is 0 Å². The zero-order valence-corrected chi connectivity index (χ0v) is 16.0. The quantitative estimate of drug-likeness (QED) is 0.219. The summed E-state index contributed by atoms with van der Waals surface area (Å²) in [5.74, 6) is -0.723. The predicted molar refractivity (Wildman–Crippen MR) is 98.7 cm³/mol. The Morgan fingerprint density at radius 1 is 0.750 bits per heavy atom. The van der Waals surface area contributed by atoms with E-state index in [1.165, 1.54) is 77.6 Å². The van der Waals surface area contributed by atoms with Crippen molar-refractivity contribution < 1.29 is 19.7 Å². The molecular weight excluding hydrogens is 304 g/mol. The topological polar surface area (TPSA) is 66.8 Å². The molecule has 4 heteroatoms. The summed E-state index contributed by atoms with van der Waals surface area (Å²) in [6.07, 6.45) is 16.1. The number of esters is 1. The van der Waals surface area contributed by atoms with E-state index in [1.54, 1.807) is 0 Å². The van der Waals surface area contributed by atoms with Crippen LogP contribution in [0.3, 0.4) is 0 Å². The van der Waals surface area contributed by atoms with Gasteiger partial charge >= 0.3 is 5.97 Å². The van der Waals surface area contributed by atoms with E-state index in [9.17, 15) is 9.90 Å². The number of carbonyl (C=O) groups excluding carboxylic acids is 1. The van der Waals surface area contributed by atoms with E-state index in [2.05, 4.69) is 11.7 Å². The third-order valence-corrected chi connectivity index (χ3v) is 4.39. The number of carbonyl (C=O) groups is 1. The maximum Gasteiger partial charge on any atom is 0.337 e. The lowest BCUT2D eigenvalue weighted by Gasteiger charge is -2.12. The largest absolute Gasteiger partial charge is 0.434 e. The fraction of sp³-hybridized carbons (Fsp3) is 0.950. The summed E-state index contributed by atoms with van der Waals surface area (Å²) >= 11 is 0. The van der Waals surface area contributed by atoms with Gasteiger partial charge in [0.15, 0.2) is 12.4 Å². The standard InChI is InChI=1S/C20H40O4/c1-3-4-5-6-7-8-9-10-11-12-13-14-15-16-17-19(22)20(23)24-18(2)21/h18-19,21-22H,3-17H2,1-2H3. The molecule has 0 amide bonds. The Balaban J connectivity index is 3.21. The number of hydrogen-bond donors (Lipinski definition) is 2. The summed E-state index contributed by atoms with van der Waals surface area (Å²) in [7, 11) is 0.